The standard InChI is InChI=1S/C24H36N2O6/c1-23(2,3)32-21(29)18(14-25)13-24(11-7-8-12-24)22(30)26-19(20(27)28)16-31-15-17-9-5-4-6-10-17/h4-6,9-10,18-19H,7-8,11-16,25H2,1-3H3,(H,26,30)(H,27,28)/t18?,19-/m0/s1. The van der Waals surface area contributed by atoms with Crippen molar-refractivity contribution in [1.82, 2.24) is 5.32 Å². The van der Waals surface area contributed by atoms with Gasteiger partial charge in [0.1, 0.15) is 5.60 Å². The molecular formula is C24H36N2O6. The van der Waals surface area contributed by atoms with Crippen LogP contribution < -0.4 is 11.1 Å². The zero-order valence-electron chi connectivity index (χ0n) is 19.3. The van der Waals surface area contributed by atoms with E-state index in [0.717, 1.165) is 18.4 Å². The van der Waals surface area contributed by atoms with Crippen LogP contribution >= 0.6 is 0 Å². The lowest BCUT2D eigenvalue weighted by Gasteiger charge is -2.33. The number of carbonyl (C=O) groups is 3. The van der Waals surface area contributed by atoms with Crippen molar-refractivity contribution in [3.63, 3.8) is 0 Å². The lowest BCUT2D eigenvalue weighted by atomic mass is 9.76. The number of benzene rings is 1. The minimum Gasteiger partial charge on any atom is -0.480 e. The first-order valence-electron chi connectivity index (χ1n) is 11.1. The maximum atomic E-state index is 13.3. The second-order valence-electron chi connectivity index (χ2n) is 9.52. The van der Waals surface area contributed by atoms with E-state index >= 15 is 0 Å². The molecule has 32 heavy (non-hydrogen) atoms. The third kappa shape index (κ3) is 7.60. The van der Waals surface area contributed by atoms with Crippen LogP contribution in [0.4, 0.5) is 0 Å². The van der Waals surface area contributed by atoms with Gasteiger partial charge in [-0.2, -0.15) is 0 Å². The third-order valence-electron chi connectivity index (χ3n) is 5.70. The molecule has 1 fully saturated rings. The Morgan fingerprint density at radius 1 is 1.16 bits per heavy atom. The summed E-state index contributed by atoms with van der Waals surface area (Å²) in [6, 6.07) is 8.21. The van der Waals surface area contributed by atoms with E-state index < -0.39 is 34.9 Å². The zero-order valence-corrected chi connectivity index (χ0v) is 19.3. The number of rotatable bonds is 11. The van der Waals surface area contributed by atoms with Crippen LogP contribution in [0.15, 0.2) is 30.3 Å². The number of nitrogens with one attached hydrogen (secondary N) is 1. The van der Waals surface area contributed by atoms with Gasteiger partial charge in [-0.1, -0.05) is 43.2 Å². The molecule has 2 atom stereocenters. The second kappa shape index (κ2) is 11.4. The molecule has 1 saturated carbocycles. The fourth-order valence-corrected chi connectivity index (χ4v) is 4.05. The van der Waals surface area contributed by atoms with Gasteiger partial charge in [-0.15, -0.1) is 0 Å². The third-order valence-corrected chi connectivity index (χ3v) is 5.70. The van der Waals surface area contributed by atoms with Crippen molar-refractivity contribution in [2.75, 3.05) is 13.2 Å². The number of carbonyl (C=O) groups excluding carboxylic acids is 2. The molecule has 8 nitrogen and oxygen atoms in total. The number of amides is 1. The maximum absolute atomic E-state index is 13.3. The van der Waals surface area contributed by atoms with Crippen LogP contribution in [-0.2, 0) is 30.5 Å². The minimum absolute atomic E-state index is 0.0620. The Morgan fingerprint density at radius 2 is 1.78 bits per heavy atom. The van der Waals surface area contributed by atoms with E-state index in [1.165, 1.54) is 0 Å². The molecule has 0 heterocycles. The smallest absolute Gasteiger partial charge is 0.328 e. The molecule has 0 aromatic heterocycles. The first-order valence-corrected chi connectivity index (χ1v) is 11.1. The van der Waals surface area contributed by atoms with Crippen molar-refractivity contribution in [3.8, 4) is 0 Å². The molecule has 4 N–H and O–H groups in total. The van der Waals surface area contributed by atoms with Gasteiger partial charge in [-0.25, -0.2) is 4.79 Å². The predicted octanol–water partition coefficient (Wildman–Crippen LogP) is 2.64. The normalized spacial score (nSPS) is 17.4. The van der Waals surface area contributed by atoms with Crippen molar-refractivity contribution in [2.45, 2.75) is 71.1 Å². The van der Waals surface area contributed by atoms with Gasteiger partial charge in [0.05, 0.1) is 24.5 Å². The van der Waals surface area contributed by atoms with E-state index in [1.54, 1.807) is 20.8 Å². The first-order chi connectivity index (χ1) is 15.1. The Bertz CT molecular complexity index is 768. The Hall–Kier alpha value is -2.45. The SMILES string of the molecule is CC(C)(C)OC(=O)C(CN)CC1(C(=O)N[C@@H](COCc2ccccc2)C(=O)O)CCCC1. The highest BCUT2D eigenvalue weighted by Gasteiger charge is 2.45. The Balaban J connectivity index is 2.04. The van der Waals surface area contributed by atoms with Gasteiger partial charge in [0, 0.05) is 6.54 Å². The molecule has 0 radical (unpaired) electrons. The predicted molar refractivity (Wildman–Crippen MR) is 120 cm³/mol. The number of carboxylic acids is 1. The summed E-state index contributed by atoms with van der Waals surface area (Å²) in [6.07, 6.45) is 3.06. The first kappa shape index (κ1) is 25.8. The zero-order chi connectivity index (χ0) is 23.8. The van der Waals surface area contributed by atoms with Crippen LogP contribution in [0.2, 0.25) is 0 Å². The molecule has 0 aliphatic heterocycles. The van der Waals surface area contributed by atoms with Gasteiger partial charge in [0.25, 0.3) is 0 Å². The van der Waals surface area contributed by atoms with Gasteiger partial charge in [0.15, 0.2) is 6.04 Å². The second-order valence-corrected chi connectivity index (χ2v) is 9.52. The van der Waals surface area contributed by atoms with Crippen molar-refractivity contribution < 1.29 is 29.0 Å². The monoisotopic (exact) mass is 448 g/mol. The van der Waals surface area contributed by atoms with Crippen molar-refractivity contribution >= 4 is 17.8 Å². The number of aliphatic carboxylic acids is 1. The van der Waals surface area contributed by atoms with Gasteiger partial charge < -0.3 is 25.6 Å². The van der Waals surface area contributed by atoms with Crippen molar-refractivity contribution in [2.24, 2.45) is 17.1 Å². The molecule has 0 bridgehead atoms. The number of carboxylic acid groups (broad SMARTS) is 1. The summed E-state index contributed by atoms with van der Waals surface area (Å²) in [4.78, 5) is 37.6. The van der Waals surface area contributed by atoms with Crippen LogP contribution in [0.5, 0.6) is 0 Å². The van der Waals surface area contributed by atoms with Gasteiger partial charge >= 0.3 is 11.9 Å². The van der Waals surface area contributed by atoms with Crippen molar-refractivity contribution in [1.29, 1.82) is 0 Å². The molecule has 8 heteroatoms. The van der Waals surface area contributed by atoms with Gasteiger partial charge in [-0.05, 0) is 45.6 Å². The van der Waals surface area contributed by atoms with Crippen LogP contribution in [0.1, 0.15) is 58.4 Å². The number of hydrogen-bond acceptors (Lipinski definition) is 6. The maximum Gasteiger partial charge on any atom is 0.328 e. The summed E-state index contributed by atoms with van der Waals surface area (Å²) >= 11 is 0. The van der Waals surface area contributed by atoms with Crippen LogP contribution in [-0.4, -0.2) is 47.7 Å². The Morgan fingerprint density at radius 3 is 2.31 bits per heavy atom. The Labute approximate surface area is 189 Å². The summed E-state index contributed by atoms with van der Waals surface area (Å²) in [5, 5.41) is 12.2. The van der Waals surface area contributed by atoms with Gasteiger partial charge in [-0.3, -0.25) is 9.59 Å². The number of ether oxygens (including phenoxy) is 2. The number of hydrogen-bond donors (Lipinski definition) is 3. The fraction of sp³-hybridized carbons (Fsp3) is 0.625. The van der Waals surface area contributed by atoms with Crippen LogP contribution in [0.3, 0.4) is 0 Å². The van der Waals surface area contributed by atoms with Gasteiger partial charge in [0.2, 0.25) is 5.91 Å². The molecule has 1 unspecified atom stereocenters. The molecule has 1 amide bonds. The minimum atomic E-state index is -1.18. The molecule has 1 aromatic carbocycles. The molecular weight excluding hydrogens is 412 g/mol. The van der Waals surface area contributed by atoms with E-state index in [-0.39, 0.29) is 32.1 Å². The summed E-state index contributed by atoms with van der Waals surface area (Å²) in [7, 11) is 0. The van der Waals surface area contributed by atoms with Crippen molar-refractivity contribution in [3.05, 3.63) is 35.9 Å². The Kier molecular flexibility index (Phi) is 9.21. The molecule has 2 rings (SSSR count). The van der Waals surface area contributed by atoms with E-state index in [0.29, 0.717) is 12.8 Å². The summed E-state index contributed by atoms with van der Waals surface area (Å²) in [6.45, 7) is 5.50. The molecule has 1 aromatic rings. The molecule has 1 aliphatic carbocycles. The largest absolute Gasteiger partial charge is 0.480 e. The van der Waals surface area contributed by atoms with E-state index in [2.05, 4.69) is 5.32 Å². The van der Waals surface area contributed by atoms with E-state index in [4.69, 9.17) is 15.2 Å². The average molecular weight is 449 g/mol. The lowest BCUT2D eigenvalue weighted by Crippen LogP contribution is -2.51. The summed E-state index contributed by atoms with van der Waals surface area (Å²) < 4.78 is 11.0. The average Bonchev–Trinajstić information content (AvgIpc) is 3.20. The highest BCUT2D eigenvalue weighted by molar-refractivity contribution is 5.88. The number of esters is 1. The molecule has 1 aliphatic rings. The lowest BCUT2D eigenvalue weighted by molar-refractivity contribution is -0.161. The molecule has 0 saturated heterocycles. The highest BCUT2D eigenvalue weighted by atomic mass is 16.6. The quantitative estimate of drug-likeness (QED) is 0.444. The fourth-order valence-electron chi connectivity index (χ4n) is 4.05. The summed E-state index contributed by atoms with van der Waals surface area (Å²) in [5.74, 6) is -2.59. The number of nitrogens with two attached hydrogens (primary N) is 1. The molecule has 178 valence electrons. The summed E-state index contributed by atoms with van der Waals surface area (Å²) in [5.41, 5.74) is 5.28. The van der Waals surface area contributed by atoms with Crippen LogP contribution in [0, 0.1) is 11.3 Å². The van der Waals surface area contributed by atoms with Crippen LogP contribution in [0.25, 0.3) is 0 Å². The topological polar surface area (TPSA) is 128 Å². The highest BCUT2D eigenvalue weighted by Crippen LogP contribution is 2.44. The molecule has 0 spiro atoms. The van der Waals surface area contributed by atoms with E-state index in [9.17, 15) is 19.5 Å². The van der Waals surface area contributed by atoms with E-state index in [1.807, 2.05) is 30.3 Å².